The molecule has 0 aliphatic carbocycles. The van der Waals surface area contributed by atoms with Gasteiger partial charge in [0, 0.05) is 12.8 Å². The lowest BCUT2D eigenvalue weighted by molar-refractivity contribution is -0.870. The molecule has 3 unspecified atom stereocenters. The maximum absolute atomic E-state index is 13.5. The third kappa shape index (κ3) is 58.8. The molecule has 0 saturated heterocycles. The van der Waals surface area contributed by atoms with Crippen LogP contribution in [0.5, 0.6) is 0 Å². The average molecular weight is 1130 g/mol. The Bertz CT molecular complexity index is 1830. The summed E-state index contributed by atoms with van der Waals surface area (Å²) >= 11 is 0. The number of amides is 1. The summed E-state index contributed by atoms with van der Waals surface area (Å²) in [5.74, 6) is -0.633. The summed E-state index contributed by atoms with van der Waals surface area (Å²) in [6, 6.07) is -0.933. The molecule has 0 aromatic heterocycles. The summed E-state index contributed by atoms with van der Waals surface area (Å²) in [6.07, 6.45) is 82.9. The highest BCUT2D eigenvalue weighted by atomic mass is 31.2. The minimum Gasteiger partial charge on any atom is -0.756 e. The molecule has 1 amide bonds. The van der Waals surface area contributed by atoms with E-state index in [2.05, 4.69) is 148 Å². The van der Waals surface area contributed by atoms with Crippen molar-refractivity contribution in [3.05, 3.63) is 134 Å². The first-order valence-corrected chi connectivity index (χ1v) is 33.5. The van der Waals surface area contributed by atoms with E-state index in [9.17, 15) is 19.0 Å². The van der Waals surface area contributed by atoms with Gasteiger partial charge in [-0.1, -0.05) is 245 Å². The number of carbonyl (C=O) groups excluding carboxylic acids is 2. The summed E-state index contributed by atoms with van der Waals surface area (Å²) in [5, 5.41) is 2.99. The van der Waals surface area contributed by atoms with Gasteiger partial charge in [-0.05, 0) is 122 Å². The van der Waals surface area contributed by atoms with E-state index in [1.165, 1.54) is 77.0 Å². The smallest absolute Gasteiger partial charge is 0.306 e. The van der Waals surface area contributed by atoms with Crippen LogP contribution in [0.15, 0.2) is 134 Å². The number of likely N-dealkylation sites (N-methyl/N-ethyl adjacent to an activating group) is 1. The number of allylic oxidation sites excluding steroid dienone is 21. The quantitative estimate of drug-likeness (QED) is 0.0212. The van der Waals surface area contributed by atoms with Crippen LogP contribution in [-0.2, 0) is 27.9 Å². The van der Waals surface area contributed by atoms with Crippen LogP contribution in [0.25, 0.3) is 0 Å². The Hall–Kier alpha value is -3.85. The zero-order chi connectivity index (χ0) is 58.6. The summed E-state index contributed by atoms with van der Waals surface area (Å²) in [4.78, 5) is 40.0. The van der Waals surface area contributed by atoms with Gasteiger partial charge in [0.1, 0.15) is 19.3 Å². The van der Waals surface area contributed by atoms with Crippen LogP contribution in [0.3, 0.4) is 0 Å². The van der Waals surface area contributed by atoms with E-state index in [4.69, 9.17) is 13.8 Å². The molecule has 0 fully saturated rings. The van der Waals surface area contributed by atoms with Crippen LogP contribution in [-0.4, -0.2) is 69.4 Å². The molecule has 0 spiro atoms. The van der Waals surface area contributed by atoms with E-state index in [1.54, 1.807) is 0 Å². The van der Waals surface area contributed by atoms with Gasteiger partial charge in [0.25, 0.3) is 7.82 Å². The molecule has 10 heteroatoms. The van der Waals surface area contributed by atoms with E-state index >= 15 is 0 Å². The normalized spacial score (nSPS) is 14.5. The Kier molecular flexibility index (Phi) is 55.5. The van der Waals surface area contributed by atoms with Crippen LogP contribution < -0.4 is 10.2 Å². The number of hydrogen-bond acceptors (Lipinski definition) is 7. The molecular weight excluding hydrogens is 1010 g/mol. The van der Waals surface area contributed by atoms with Crippen LogP contribution in [0, 0.1) is 0 Å². The predicted molar refractivity (Wildman–Crippen MR) is 343 cm³/mol. The van der Waals surface area contributed by atoms with Gasteiger partial charge in [-0.3, -0.25) is 14.2 Å². The van der Waals surface area contributed by atoms with Crippen molar-refractivity contribution in [2.75, 3.05) is 40.9 Å². The second-order valence-corrected chi connectivity index (χ2v) is 23.6. The molecule has 0 bridgehead atoms. The molecule has 0 aromatic rings. The summed E-state index contributed by atoms with van der Waals surface area (Å²) in [6.45, 7) is 6.63. The Morgan fingerprint density at radius 3 is 1.25 bits per heavy atom. The van der Waals surface area contributed by atoms with Crippen LogP contribution in [0.4, 0.5) is 0 Å². The Labute approximate surface area is 492 Å². The van der Waals surface area contributed by atoms with Crippen molar-refractivity contribution in [1.29, 1.82) is 0 Å². The predicted octanol–water partition coefficient (Wildman–Crippen LogP) is 19.4. The lowest BCUT2D eigenvalue weighted by atomic mass is 10.1. The molecule has 0 heterocycles. The number of nitrogens with one attached hydrogen (secondary N) is 1. The zero-order valence-corrected chi connectivity index (χ0v) is 52.9. The Morgan fingerprint density at radius 2 is 0.812 bits per heavy atom. The van der Waals surface area contributed by atoms with Crippen LogP contribution in [0.2, 0.25) is 0 Å². The van der Waals surface area contributed by atoms with E-state index in [0.29, 0.717) is 23.9 Å². The van der Waals surface area contributed by atoms with Gasteiger partial charge in [0.2, 0.25) is 5.91 Å². The number of phosphoric ester groups is 1. The summed E-state index contributed by atoms with van der Waals surface area (Å²) in [5.41, 5.74) is 0. The SMILES string of the molecule is CC/C=C\C/C=C\C/C=C\C/C=C\C/C=C\C/C=C\CCCCCCCCC(=O)OC(/C=C\CCCCCCCCCCCC)C(COP(=O)([O-])OCC[N+](C)(C)C)NC(=O)CCC/C=C\C/C=C\C/C=C\C/C=C\CCCCC. The number of phosphoric acid groups is 1. The number of ether oxygens (including phenoxy) is 1. The molecule has 9 nitrogen and oxygen atoms in total. The zero-order valence-electron chi connectivity index (χ0n) is 52.0. The minimum atomic E-state index is -4.73. The van der Waals surface area contributed by atoms with Crippen molar-refractivity contribution in [3.8, 4) is 0 Å². The number of rotatable bonds is 56. The third-order valence-electron chi connectivity index (χ3n) is 13.3. The minimum absolute atomic E-state index is 0.0422. The van der Waals surface area contributed by atoms with E-state index in [1.807, 2.05) is 33.3 Å². The largest absolute Gasteiger partial charge is 0.756 e. The van der Waals surface area contributed by atoms with Crippen molar-refractivity contribution in [1.82, 2.24) is 5.32 Å². The first-order valence-electron chi connectivity index (χ1n) is 32.0. The van der Waals surface area contributed by atoms with Crippen molar-refractivity contribution < 1.29 is 37.3 Å². The lowest BCUT2D eigenvalue weighted by Gasteiger charge is -2.30. The fourth-order valence-corrected chi connectivity index (χ4v) is 9.12. The van der Waals surface area contributed by atoms with Crippen molar-refractivity contribution in [2.45, 2.75) is 258 Å². The van der Waals surface area contributed by atoms with Crippen LogP contribution in [0.1, 0.15) is 245 Å². The highest BCUT2D eigenvalue weighted by molar-refractivity contribution is 7.45. The average Bonchev–Trinajstić information content (AvgIpc) is 3.42. The van der Waals surface area contributed by atoms with Gasteiger partial charge >= 0.3 is 5.97 Å². The molecule has 0 aromatic carbocycles. The number of esters is 1. The molecule has 0 rings (SSSR count). The molecule has 0 aliphatic rings. The van der Waals surface area contributed by atoms with Gasteiger partial charge < -0.3 is 28.5 Å². The number of quaternary nitrogens is 1. The number of carbonyl (C=O) groups is 2. The van der Waals surface area contributed by atoms with Gasteiger partial charge in [-0.25, -0.2) is 0 Å². The monoisotopic (exact) mass is 1130 g/mol. The van der Waals surface area contributed by atoms with E-state index in [-0.39, 0.29) is 31.3 Å². The lowest BCUT2D eigenvalue weighted by Crippen LogP contribution is -2.47. The Morgan fingerprint density at radius 1 is 0.450 bits per heavy atom. The molecule has 0 saturated carbocycles. The number of hydrogen-bond donors (Lipinski definition) is 1. The fraction of sp³-hybridized carbons (Fsp3) is 0.657. The van der Waals surface area contributed by atoms with E-state index in [0.717, 1.165) is 122 Å². The first kappa shape index (κ1) is 76.1. The summed E-state index contributed by atoms with van der Waals surface area (Å²) < 4.78 is 30.3. The van der Waals surface area contributed by atoms with Crippen molar-refractivity contribution >= 4 is 19.7 Å². The van der Waals surface area contributed by atoms with Gasteiger partial charge in [0.15, 0.2) is 0 Å². The number of unbranched alkanes of at least 4 members (excludes halogenated alkanes) is 20. The molecule has 1 N–H and O–H groups in total. The van der Waals surface area contributed by atoms with Gasteiger partial charge in [-0.2, -0.15) is 0 Å². The second kappa shape index (κ2) is 58.4. The van der Waals surface area contributed by atoms with Gasteiger partial charge in [0.05, 0.1) is 33.8 Å². The molecule has 3 atom stereocenters. The molecule has 0 radical (unpaired) electrons. The maximum Gasteiger partial charge on any atom is 0.306 e. The molecule has 456 valence electrons. The highest BCUT2D eigenvalue weighted by Crippen LogP contribution is 2.38. The van der Waals surface area contributed by atoms with Gasteiger partial charge in [-0.15, -0.1) is 0 Å². The van der Waals surface area contributed by atoms with Crippen LogP contribution >= 0.6 is 7.82 Å². The molecule has 0 aliphatic heterocycles. The highest BCUT2D eigenvalue weighted by Gasteiger charge is 2.27. The summed E-state index contributed by atoms with van der Waals surface area (Å²) in [7, 11) is 1.12. The first-order chi connectivity index (χ1) is 38.9. The molecule has 80 heavy (non-hydrogen) atoms. The number of nitrogens with zero attached hydrogens (tertiary/aromatic N) is 1. The maximum atomic E-state index is 13.5. The Balaban J connectivity index is 5.31. The van der Waals surface area contributed by atoms with Crippen molar-refractivity contribution in [3.63, 3.8) is 0 Å². The molecular formula is C70H119N2O7P. The topological polar surface area (TPSA) is 114 Å². The van der Waals surface area contributed by atoms with Crippen molar-refractivity contribution in [2.24, 2.45) is 0 Å². The van der Waals surface area contributed by atoms with E-state index < -0.39 is 26.6 Å². The third-order valence-corrected chi connectivity index (χ3v) is 14.3. The second-order valence-electron chi connectivity index (χ2n) is 22.2. The standard InChI is InChI=1S/C70H119N2O7P/c1-7-10-13-16-19-22-25-28-30-32-33-34-35-36-37-38-39-41-43-45-48-51-54-57-60-63-70(74)79-68(61-58-55-52-49-46-27-24-21-18-15-12-9-3)67(66-78-80(75,76)77-65-64-72(4,5)6)71-69(73)62-59-56-53-50-47-44-42-40-31-29-26-23-20-17-14-11-8-2/h10,13,19-20,22-23,28-31,33-34,36-37,39,41-42,44,50,53,58,61,67-68H,7-9,11-12,14-18,21,24-27,32,35,38,40,43,45-49,51-52,54-57,59-60,62-66H2,1-6H3,(H-,71,73,75,76)/b13-10-,22-19-,23-20-,30-28-,31-29-,34-33-,37-36-,41-39-,44-42-,53-50-,61-58-. The fourth-order valence-electron chi connectivity index (χ4n) is 8.40.